The number of carbonyl (C=O) groups excluding carboxylic acids is 1. The number of hydrogen-bond acceptors (Lipinski definition) is 4. The van der Waals surface area contributed by atoms with Crippen LogP contribution in [0.25, 0.3) is 0 Å². The highest BCUT2D eigenvalue weighted by Gasteiger charge is 2.30. The minimum Gasteiger partial charge on any atom is -0.338 e. The lowest BCUT2D eigenvalue weighted by Crippen LogP contribution is -2.42. The van der Waals surface area contributed by atoms with Gasteiger partial charge < -0.3 is 10.2 Å². The van der Waals surface area contributed by atoms with Gasteiger partial charge in [-0.1, -0.05) is 12.8 Å². The second-order valence-electron chi connectivity index (χ2n) is 7.29. The molecule has 3 rings (SSSR count). The molecule has 1 saturated heterocycles. The first-order chi connectivity index (χ1) is 12.0. The number of amides is 1. The van der Waals surface area contributed by atoms with E-state index in [1.54, 1.807) is 24.3 Å². The Bertz CT molecular complexity index is 698. The molecule has 2 aliphatic rings. The molecule has 1 heterocycles. The largest absolute Gasteiger partial charge is 0.338 e. The van der Waals surface area contributed by atoms with Crippen LogP contribution >= 0.6 is 12.4 Å². The molecule has 0 aromatic heterocycles. The Labute approximate surface area is 162 Å². The van der Waals surface area contributed by atoms with Gasteiger partial charge in [-0.15, -0.1) is 12.4 Å². The van der Waals surface area contributed by atoms with Gasteiger partial charge in [0.1, 0.15) is 0 Å². The minimum absolute atomic E-state index is 0. The first kappa shape index (κ1) is 21.2. The summed E-state index contributed by atoms with van der Waals surface area (Å²) in [6.07, 6.45) is 5.65. The zero-order chi connectivity index (χ0) is 17.9. The number of carbonyl (C=O) groups is 1. The number of rotatable bonds is 5. The molecule has 7 heteroatoms. The second kappa shape index (κ2) is 9.20. The molecule has 0 radical (unpaired) electrons. The van der Waals surface area contributed by atoms with Crippen LogP contribution in [0.1, 0.15) is 48.9 Å². The van der Waals surface area contributed by atoms with Crippen molar-refractivity contribution in [3.63, 3.8) is 0 Å². The normalized spacial score (nSPS) is 21.4. The molecule has 0 spiro atoms. The van der Waals surface area contributed by atoms with Crippen LogP contribution in [0.3, 0.4) is 0 Å². The summed E-state index contributed by atoms with van der Waals surface area (Å²) in [5, 5.41) is 2.93. The van der Waals surface area contributed by atoms with Gasteiger partial charge in [0.25, 0.3) is 5.91 Å². The van der Waals surface area contributed by atoms with Crippen LogP contribution in [-0.2, 0) is 9.84 Å². The van der Waals surface area contributed by atoms with Crippen molar-refractivity contribution in [2.24, 2.45) is 5.92 Å². The molecule has 1 aromatic rings. The molecule has 1 saturated carbocycles. The van der Waals surface area contributed by atoms with Gasteiger partial charge in [0.2, 0.25) is 0 Å². The fourth-order valence-electron chi connectivity index (χ4n) is 4.07. The first-order valence-electron chi connectivity index (χ1n) is 9.30. The van der Waals surface area contributed by atoms with E-state index in [1.165, 1.54) is 0 Å². The van der Waals surface area contributed by atoms with Gasteiger partial charge in [-0.05, 0) is 69.5 Å². The quantitative estimate of drug-likeness (QED) is 0.825. The predicted octanol–water partition coefficient (Wildman–Crippen LogP) is 2.90. The van der Waals surface area contributed by atoms with Crippen molar-refractivity contribution in [2.75, 3.05) is 26.7 Å². The number of halogens is 1. The van der Waals surface area contributed by atoms with Crippen LogP contribution in [0.2, 0.25) is 0 Å². The van der Waals surface area contributed by atoms with Crippen molar-refractivity contribution in [3.05, 3.63) is 29.8 Å². The van der Waals surface area contributed by atoms with E-state index in [4.69, 9.17) is 0 Å². The number of nitrogens with zero attached hydrogens (tertiary/aromatic N) is 1. The number of nitrogens with one attached hydrogen (secondary N) is 1. The van der Waals surface area contributed by atoms with Gasteiger partial charge in [0, 0.05) is 18.7 Å². The SMILES string of the molecule is CNCC1CCCN(C(=O)c2ccc(S(=O)(=O)C3CCCC3)cc2)C1.Cl. The van der Waals surface area contributed by atoms with Crippen molar-refractivity contribution in [2.45, 2.75) is 48.7 Å². The van der Waals surface area contributed by atoms with E-state index < -0.39 is 9.84 Å². The second-order valence-corrected chi connectivity index (χ2v) is 9.52. The lowest BCUT2D eigenvalue weighted by atomic mass is 9.97. The fourth-order valence-corrected chi connectivity index (χ4v) is 5.92. The average Bonchev–Trinajstić information content (AvgIpc) is 3.17. The Kier molecular flexibility index (Phi) is 7.50. The van der Waals surface area contributed by atoms with E-state index in [-0.39, 0.29) is 23.6 Å². The molecule has 1 N–H and O–H groups in total. The lowest BCUT2D eigenvalue weighted by Gasteiger charge is -2.32. The summed E-state index contributed by atoms with van der Waals surface area (Å²) in [5.41, 5.74) is 0.579. The van der Waals surface area contributed by atoms with Gasteiger partial charge in [-0.25, -0.2) is 8.42 Å². The Morgan fingerprint density at radius 3 is 2.38 bits per heavy atom. The van der Waals surface area contributed by atoms with Crippen LogP contribution in [0, 0.1) is 5.92 Å². The Morgan fingerprint density at radius 1 is 1.12 bits per heavy atom. The van der Waals surface area contributed by atoms with Crippen molar-refractivity contribution in [1.82, 2.24) is 10.2 Å². The predicted molar refractivity (Wildman–Crippen MR) is 106 cm³/mol. The number of sulfone groups is 1. The van der Waals surface area contributed by atoms with Gasteiger partial charge in [0.15, 0.2) is 9.84 Å². The maximum atomic E-state index is 12.7. The number of benzene rings is 1. The van der Waals surface area contributed by atoms with Crippen LogP contribution in [0.15, 0.2) is 29.2 Å². The molecule has 1 unspecified atom stereocenters. The zero-order valence-electron chi connectivity index (χ0n) is 15.3. The van der Waals surface area contributed by atoms with Crippen molar-refractivity contribution in [3.8, 4) is 0 Å². The standard InChI is InChI=1S/C19H28N2O3S.ClH/c1-20-13-15-5-4-12-21(14-15)19(22)16-8-10-18(11-9-16)25(23,24)17-6-2-3-7-17;/h8-11,15,17,20H,2-7,12-14H2,1H3;1H. The Morgan fingerprint density at radius 2 is 1.77 bits per heavy atom. The molecule has 1 aliphatic carbocycles. The number of piperidine rings is 1. The van der Waals surface area contributed by atoms with Gasteiger partial charge in [-0.3, -0.25) is 4.79 Å². The summed E-state index contributed by atoms with van der Waals surface area (Å²) in [7, 11) is -1.32. The number of hydrogen-bond donors (Lipinski definition) is 1. The molecule has 1 aliphatic heterocycles. The maximum Gasteiger partial charge on any atom is 0.253 e. The molecule has 2 fully saturated rings. The highest BCUT2D eigenvalue weighted by atomic mass is 35.5. The van der Waals surface area contributed by atoms with E-state index in [0.29, 0.717) is 16.4 Å². The topological polar surface area (TPSA) is 66.5 Å². The first-order valence-corrected chi connectivity index (χ1v) is 10.8. The third-order valence-electron chi connectivity index (χ3n) is 5.47. The molecule has 1 aromatic carbocycles. The van der Waals surface area contributed by atoms with E-state index in [9.17, 15) is 13.2 Å². The lowest BCUT2D eigenvalue weighted by molar-refractivity contribution is 0.0674. The molecule has 0 bridgehead atoms. The van der Waals surface area contributed by atoms with Crippen LogP contribution in [-0.4, -0.2) is 51.2 Å². The van der Waals surface area contributed by atoms with Gasteiger partial charge in [0.05, 0.1) is 10.1 Å². The third-order valence-corrected chi connectivity index (χ3v) is 7.75. The van der Waals surface area contributed by atoms with Crippen LogP contribution in [0.4, 0.5) is 0 Å². The van der Waals surface area contributed by atoms with E-state index >= 15 is 0 Å². The summed E-state index contributed by atoms with van der Waals surface area (Å²) in [4.78, 5) is 15.0. The molecule has 5 nitrogen and oxygen atoms in total. The Balaban J connectivity index is 0.00000243. The van der Waals surface area contributed by atoms with Gasteiger partial charge >= 0.3 is 0 Å². The summed E-state index contributed by atoms with van der Waals surface area (Å²) >= 11 is 0. The van der Waals surface area contributed by atoms with Crippen molar-refractivity contribution < 1.29 is 13.2 Å². The van der Waals surface area contributed by atoms with Crippen LogP contribution < -0.4 is 5.32 Å². The summed E-state index contributed by atoms with van der Waals surface area (Å²) in [6, 6.07) is 6.56. The molecule has 1 atom stereocenters. The molecule has 26 heavy (non-hydrogen) atoms. The summed E-state index contributed by atoms with van der Waals surface area (Å²) in [5.74, 6) is 0.496. The number of likely N-dealkylation sites (tertiary alicyclic amines) is 1. The maximum absolute atomic E-state index is 12.7. The van der Waals surface area contributed by atoms with Crippen molar-refractivity contribution in [1.29, 1.82) is 0 Å². The van der Waals surface area contributed by atoms with Crippen LogP contribution in [0.5, 0.6) is 0 Å². The average molecular weight is 401 g/mol. The zero-order valence-corrected chi connectivity index (χ0v) is 16.9. The molecular formula is C19H29ClN2O3S. The van der Waals surface area contributed by atoms with E-state index in [2.05, 4.69) is 5.32 Å². The van der Waals surface area contributed by atoms with E-state index in [1.807, 2.05) is 11.9 Å². The molecule has 146 valence electrons. The minimum atomic E-state index is -3.26. The smallest absolute Gasteiger partial charge is 0.253 e. The highest BCUT2D eigenvalue weighted by molar-refractivity contribution is 7.92. The monoisotopic (exact) mass is 400 g/mol. The van der Waals surface area contributed by atoms with Gasteiger partial charge in [-0.2, -0.15) is 0 Å². The highest BCUT2D eigenvalue weighted by Crippen LogP contribution is 2.29. The van der Waals surface area contributed by atoms with E-state index in [0.717, 1.165) is 58.2 Å². The summed E-state index contributed by atoms with van der Waals surface area (Å²) < 4.78 is 25.3. The third kappa shape index (κ3) is 4.59. The Hall–Kier alpha value is -1.11. The summed E-state index contributed by atoms with van der Waals surface area (Å²) in [6.45, 7) is 2.46. The molecule has 1 amide bonds. The van der Waals surface area contributed by atoms with Crippen molar-refractivity contribution >= 4 is 28.2 Å². The molecular weight excluding hydrogens is 372 g/mol. The fraction of sp³-hybridized carbons (Fsp3) is 0.632.